The number of carbonyl (C=O) groups is 3. The van der Waals surface area contributed by atoms with E-state index >= 15 is 0 Å². The van der Waals surface area contributed by atoms with Crippen LogP contribution in [0, 0.1) is 10.8 Å². The van der Waals surface area contributed by atoms with Gasteiger partial charge in [-0.1, -0.05) is 18.2 Å². The third-order valence-electron chi connectivity index (χ3n) is 10.8. The fourth-order valence-corrected chi connectivity index (χ4v) is 7.70. The Morgan fingerprint density at radius 1 is 0.774 bits per heavy atom. The molecular weight excluding hydrogens is 805 g/mol. The zero-order valence-corrected chi connectivity index (χ0v) is 34.2. The first kappa shape index (κ1) is 41.2. The van der Waals surface area contributed by atoms with E-state index in [0.29, 0.717) is 39.6 Å². The van der Waals surface area contributed by atoms with E-state index in [9.17, 15) is 24.9 Å². The Balaban J connectivity index is 1.08. The molecule has 4 heterocycles. The van der Waals surface area contributed by atoms with Crippen LogP contribution >= 0.6 is 0 Å². The van der Waals surface area contributed by atoms with Gasteiger partial charge in [0.25, 0.3) is 0 Å². The number of amidine groups is 2. The molecule has 5 N–H and O–H groups in total. The molecule has 2 aromatic heterocycles. The maximum Gasteiger partial charge on any atom is 0.368 e. The number of aromatic nitrogens is 4. The van der Waals surface area contributed by atoms with Crippen LogP contribution < -0.4 is 28.7 Å². The fraction of sp³-hybridized carbons (Fsp3) is 0.279. The molecule has 6 aromatic rings. The van der Waals surface area contributed by atoms with Crippen molar-refractivity contribution in [2.45, 2.75) is 30.2 Å². The predicted octanol–water partition coefficient (Wildman–Crippen LogP) is 4.20. The quantitative estimate of drug-likeness (QED) is 0.0856. The summed E-state index contributed by atoms with van der Waals surface area (Å²) in [7, 11) is 6.62. The summed E-state index contributed by atoms with van der Waals surface area (Å²) in [5, 5.41) is 30.3. The van der Waals surface area contributed by atoms with Gasteiger partial charge in [0.2, 0.25) is 5.78 Å². The second-order valence-corrected chi connectivity index (χ2v) is 14.4. The average Bonchev–Trinajstić information content (AvgIpc) is 3.93. The van der Waals surface area contributed by atoms with Crippen LogP contribution in [0.2, 0.25) is 0 Å². The third kappa shape index (κ3) is 7.15. The van der Waals surface area contributed by atoms with E-state index in [1.54, 1.807) is 47.4 Å². The molecule has 62 heavy (non-hydrogen) atoms. The average molecular weight is 847 g/mol. The monoisotopic (exact) mass is 846 g/mol. The number of ether oxygens (including phenoxy) is 7. The summed E-state index contributed by atoms with van der Waals surface area (Å²) in [4.78, 5) is 58.5. The van der Waals surface area contributed by atoms with Crippen molar-refractivity contribution in [3.8, 4) is 23.0 Å². The van der Waals surface area contributed by atoms with Crippen molar-refractivity contribution < 1.29 is 52.6 Å². The zero-order chi connectivity index (χ0) is 43.9. The van der Waals surface area contributed by atoms with Gasteiger partial charge >= 0.3 is 17.7 Å². The number of benzene rings is 4. The van der Waals surface area contributed by atoms with Crippen molar-refractivity contribution in [1.29, 1.82) is 10.8 Å². The maximum absolute atomic E-state index is 14.0. The zero-order valence-electron chi connectivity index (χ0n) is 34.2. The van der Waals surface area contributed by atoms with E-state index in [1.165, 1.54) is 40.6 Å². The molecule has 4 aromatic carbocycles. The number of rotatable bonds is 12. The number of hydrogen-bond donors (Lipinski definition) is 5. The van der Waals surface area contributed by atoms with E-state index in [1.807, 2.05) is 24.3 Å². The van der Waals surface area contributed by atoms with Crippen LogP contribution in [-0.2, 0) is 35.2 Å². The summed E-state index contributed by atoms with van der Waals surface area (Å²) in [6, 6.07) is 21.2. The number of ketones is 1. The van der Waals surface area contributed by atoms with E-state index in [-0.39, 0.29) is 48.7 Å². The van der Waals surface area contributed by atoms with Crippen LogP contribution in [0.15, 0.2) is 78.9 Å². The lowest BCUT2D eigenvalue weighted by atomic mass is 10.00. The number of nitrogens with zero attached hydrogens (tertiary/aromatic N) is 4. The summed E-state index contributed by atoms with van der Waals surface area (Å²) in [5.41, 5.74) is 0.688. The number of Topliss-reactive ketones (excluding diaryl/α,β-unsaturated/α-hetero) is 1. The molecule has 320 valence electrons. The minimum absolute atomic E-state index is 0.00943. The molecular formula is C43H42N8O11. The van der Waals surface area contributed by atoms with Crippen molar-refractivity contribution >= 4 is 62.8 Å². The number of hydrogen-bond acceptors (Lipinski definition) is 15. The number of nitrogens with one attached hydrogen (secondary N) is 4. The number of para-hydroxylation sites is 2. The number of aliphatic hydroxyl groups is 1. The van der Waals surface area contributed by atoms with Gasteiger partial charge in [-0.05, 0) is 29.8 Å². The van der Waals surface area contributed by atoms with Gasteiger partial charge in [-0.15, -0.1) is 0 Å². The SMILES string of the molecule is COC(=O)C1COCC(c2nc3ccccc3[nH]2)C(=N)N1c1cc(OC)cc(OCc2ccc3nc(C4C(=N)N(c5cc(OC)cc(OC)c5)C(O)(C(=O)OC)C4=O)[nH]c3c2)c1. The Bertz CT molecular complexity index is 2700. The minimum Gasteiger partial charge on any atom is -0.497 e. The second kappa shape index (κ2) is 16.5. The van der Waals surface area contributed by atoms with Crippen LogP contribution in [0.1, 0.15) is 29.0 Å². The molecule has 19 nitrogen and oxygen atoms in total. The Morgan fingerprint density at radius 2 is 1.40 bits per heavy atom. The molecule has 2 fully saturated rings. The predicted molar refractivity (Wildman–Crippen MR) is 224 cm³/mol. The van der Waals surface area contributed by atoms with Crippen LogP contribution in [0.4, 0.5) is 11.4 Å². The summed E-state index contributed by atoms with van der Waals surface area (Å²) in [6.07, 6.45) is 0. The van der Waals surface area contributed by atoms with E-state index in [2.05, 4.69) is 15.0 Å². The molecule has 0 amide bonds. The number of anilines is 2. The highest BCUT2D eigenvalue weighted by molar-refractivity contribution is 6.32. The van der Waals surface area contributed by atoms with Crippen molar-refractivity contribution in [3.05, 3.63) is 96.1 Å². The number of carbonyl (C=O) groups excluding carboxylic acids is 3. The minimum atomic E-state index is -2.91. The first-order valence-corrected chi connectivity index (χ1v) is 19.2. The largest absolute Gasteiger partial charge is 0.497 e. The number of methoxy groups -OCH3 is 5. The van der Waals surface area contributed by atoms with Crippen LogP contribution in [0.25, 0.3) is 22.1 Å². The number of imidazole rings is 2. The van der Waals surface area contributed by atoms with E-state index in [4.69, 9.17) is 43.6 Å². The maximum atomic E-state index is 14.0. The first-order valence-electron chi connectivity index (χ1n) is 19.2. The standard InChI is InChI=1S/C43H42N8O11/c1-56-25-13-23(50-34(41(53)59-4)21-61-20-29(37(50)44)39-46-30-8-6-7-9-31(30)47-39)14-28(18-25)62-19-22-10-11-32-33(12-22)49-40(48-32)35-36(52)43(55,42(54)60-5)51(38(35)45)24-15-26(57-2)17-27(16-24)58-3/h6-18,29,34-35,44-45,55H,19-21H2,1-5H3,(H,46,47)(H,48,49). The van der Waals surface area contributed by atoms with Crippen molar-refractivity contribution in [2.24, 2.45) is 0 Å². The third-order valence-corrected chi connectivity index (χ3v) is 10.8. The van der Waals surface area contributed by atoms with Gasteiger partial charge in [0, 0.05) is 36.4 Å². The molecule has 0 radical (unpaired) electrons. The summed E-state index contributed by atoms with van der Waals surface area (Å²) >= 11 is 0. The molecule has 2 saturated heterocycles. The fourth-order valence-electron chi connectivity index (χ4n) is 7.70. The van der Waals surface area contributed by atoms with Gasteiger partial charge in [0.15, 0.2) is 6.04 Å². The summed E-state index contributed by atoms with van der Waals surface area (Å²) in [6.45, 7) is 0.0595. The molecule has 4 atom stereocenters. The van der Waals surface area contributed by atoms with Crippen LogP contribution in [0.5, 0.6) is 23.0 Å². The summed E-state index contributed by atoms with van der Waals surface area (Å²) < 4.78 is 38.6. The van der Waals surface area contributed by atoms with Gasteiger partial charge in [0.1, 0.15) is 58.8 Å². The van der Waals surface area contributed by atoms with Crippen LogP contribution in [0.3, 0.4) is 0 Å². The van der Waals surface area contributed by atoms with Crippen molar-refractivity contribution in [2.75, 3.05) is 58.6 Å². The molecule has 2 aliphatic heterocycles. The number of H-pyrrole nitrogens is 2. The molecule has 0 spiro atoms. The number of esters is 2. The Morgan fingerprint density at radius 3 is 2.08 bits per heavy atom. The van der Waals surface area contributed by atoms with Gasteiger partial charge in [-0.3, -0.25) is 20.5 Å². The summed E-state index contributed by atoms with van der Waals surface area (Å²) in [5.74, 6) is -3.67. The smallest absolute Gasteiger partial charge is 0.368 e. The first-order chi connectivity index (χ1) is 29.9. The van der Waals surface area contributed by atoms with Gasteiger partial charge in [-0.2, -0.15) is 0 Å². The van der Waals surface area contributed by atoms with Crippen molar-refractivity contribution in [1.82, 2.24) is 19.9 Å². The second-order valence-electron chi connectivity index (χ2n) is 14.4. The normalized spacial score (nSPS) is 20.4. The van der Waals surface area contributed by atoms with Gasteiger partial charge < -0.3 is 53.1 Å². The molecule has 2 aliphatic rings. The molecule has 0 bridgehead atoms. The number of fused-ring (bicyclic) bond motifs is 2. The highest BCUT2D eigenvalue weighted by Crippen LogP contribution is 2.42. The van der Waals surface area contributed by atoms with E-state index < -0.39 is 47.2 Å². The van der Waals surface area contributed by atoms with Gasteiger partial charge in [-0.25, -0.2) is 19.6 Å². The van der Waals surface area contributed by atoms with Gasteiger partial charge in [0.05, 0.1) is 88.1 Å². The highest BCUT2D eigenvalue weighted by atomic mass is 16.5. The van der Waals surface area contributed by atoms with Crippen molar-refractivity contribution in [3.63, 3.8) is 0 Å². The molecule has 19 heteroatoms. The Kier molecular flexibility index (Phi) is 11.0. The molecule has 8 rings (SSSR count). The molecule has 4 unspecified atom stereocenters. The molecule has 0 saturated carbocycles. The lowest BCUT2D eigenvalue weighted by molar-refractivity contribution is -0.165. The Hall–Kier alpha value is -7.51. The molecule has 0 aliphatic carbocycles. The lowest BCUT2D eigenvalue weighted by Gasteiger charge is -2.31. The topological polar surface area (TPSA) is 248 Å². The van der Waals surface area contributed by atoms with Crippen LogP contribution in [-0.4, -0.2) is 115 Å². The highest BCUT2D eigenvalue weighted by Gasteiger charge is 2.63. The lowest BCUT2D eigenvalue weighted by Crippen LogP contribution is -2.56. The Labute approximate surface area is 353 Å². The van der Waals surface area contributed by atoms with E-state index in [0.717, 1.165) is 23.0 Å². The number of aromatic amines is 2.